The van der Waals surface area contributed by atoms with E-state index in [0.717, 1.165) is 25.0 Å². The van der Waals surface area contributed by atoms with Gasteiger partial charge in [-0.2, -0.15) is 0 Å². The first kappa shape index (κ1) is 18.2. The summed E-state index contributed by atoms with van der Waals surface area (Å²) in [6.07, 6.45) is 5.87. The Morgan fingerprint density at radius 1 is 1.20 bits per heavy atom. The first-order valence-corrected chi connectivity index (χ1v) is 9.49. The minimum absolute atomic E-state index is 0.0424. The van der Waals surface area contributed by atoms with Crippen LogP contribution in [0.5, 0.6) is 5.75 Å². The summed E-state index contributed by atoms with van der Waals surface area (Å²) in [5.74, 6) is 1.45. The van der Waals surface area contributed by atoms with Crippen molar-refractivity contribution in [2.75, 3.05) is 7.11 Å². The monoisotopic (exact) mass is 345 g/mol. The molecule has 1 amide bonds. The van der Waals surface area contributed by atoms with Gasteiger partial charge in [0.2, 0.25) is 5.91 Å². The topological polar surface area (TPSA) is 47.6 Å². The molecular formula is C21H31NO3. The Labute approximate surface area is 151 Å². The summed E-state index contributed by atoms with van der Waals surface area (Å²) >= 11 is 0. The molecule has 0 unspecified atom stereocenters. The molecule has 2 aliphatic rings. The zero-order valence-electron chi connectivity index (χ0n) is 16.1. The second-order valence-electron chi connectivity index (χ2n) is 7.71. The number of hydrogen-bond donors (Lipinski definition) is 1. The minimum atomic E-state index is 0.0424. The molecule has 1 N–H and O–H groups in total. The highest BCUT2D eigenvalue weighted by Gasteiger charge is 2.41. The highest BCUT2D eigenvalue weighted by Crippen LogP contribution is 2.44. The molecule has 1 aromatic carbocycles. The van der Waals surface area contributed by atoms with Gasteiger partial charge in [0.25, 0.3) is 0 Å². The number of nitrogens with one attached hydrogen (secondary N) is 1. The van der Waals surface area contributed by atoms with E-state index in [2.05, 4.69) is 32.2 Å². The normalized spacial score (nSPS) is 29.0. The van der Waals surface area contributed by atoms with Gasteiger partial charge >= 0.3 is 0 Å². The predicted octanol–water partition coefficient (Wildman–Crippen LogP) is 4.15. The quantitative estimate of drug-likeness (QED) is 0.895. The third kappa shape index (κ3) is 3.55. The van der Waals surface area contributed by atoms with Crippen molar-refractivity contribution in [2.45, 2.75) is 78.0 Å². The van der Waals surface area contributed by atoms with Gasteiger partial charge in [-0.05, 0) is 68.4 Å². The van der Waals surface area contributed by atoms with Crippen LogP contribution in [-0.2, 0) is 9.53 Å². The number of carbonyl (C=O) groups excluding carboxylic acids is 1. The van der Waals surface area contributed by atoms with Crippen LogP contribution in [0.4, 0.5) is 0 Å². The van der Waals surface area contributed by atoms with Crippen molar-refractivity contribution in [3.05, 3.63) is 28.3 Å². The van der Waals surface area contributed by atoms with Gasteiger partial charge < -0.3 is 14.8 Å². The molecule has 138 valence electrons. The van der Waals surface area contributed by atoms with Crippen LogP contribution < -0.4 is 10.1 Å². The van der Waals surface area contributed by atoms with Crippen molar-refractivity contribution in [3.8, 4) is 5.75 Å². The van der Waals surface area contributed by atoms with E-state index in [-0.39, 0.29) is 24.2 Å². The molecule has 0 spiro atoms. The SMILES string of the molecule is COc1cc(C)c([C@H]2C[C@@H](NC(C)=O)[C@@H]3CCCC[C@H]3O2)c(C)c1C. The molecule has 0 aromatic heterocycles. The van der Waals surface area contributed by atoms with Crippen LogP contribution >= 0.6 is 0 Å². The third-order valence-electron chi connectivity index (χ3n) is 6.12. The second kappa shape index (κ2) is 7.36. The maximum Gasteiger partial charge on any atom is 0.217 e. The van der Waals surface area contributed by atoms with Crippen LogP contribution in [0.2, 0.25) is 0 Å². The number of hydrogen-bond acceptors (Lipinski definition) is 3. The Hall–Kier alpha value is -1.55. The van der Waals surface area contributed by atoms with Gasteiger partial charge in [-0.1, -0.05) is 12.8 Å². The maximum absolute atomic E-state index is 11.7. The average molecular weight is 345 g/mol. The molecule has 2 fully saturated rings. The molecule has 0 radical (unpaired) electrons. The molecule has 4 nitrogen and oxygen atoms in total. The summed E-state index contributed by atoms with van der Waals surface area (Å²) in [5.41, 5.74) is 4.91. The fraction of sp³-hybridized carbons (Fsp3) is 0.667. The van der Waals surface area contributed by atoms with Gasteiger partial charge in [-0.3, -0.25) is 4.79 Å². The first-order chi connectivity index (χ1) is 11.9. The molecular weight excluding hydrogens is 314 g/mol. The Balaban J connectivity index is 1.94. The average Bonchev–Trinajstić information content (AvgIpc) is 2.57. The van der Waals surface area contributed by atoms with E-state index >= 15 is 0 Å². The molecule has 4 atom stereocenters. The zero-order valence-corrected chi connectivity index (χ0v) is 16.1. The van der Waals surface area contributed by atoms with Gasteiger partial charge in [0, 0.05) is 18.9 Å². The number of rotatable bonds is 3. The lowest BCUT2D eigenvalue weighted by Gasteiger charge is -2.45. The van der Waals surface area contributed by atoms with E-state index in [4.69, 9.17) is 9.47 Å². The van der Waals surface area contributed by atoms with E-state index in [1.165, 1.54) is 35.1 Å². The molecule has 0 bridgehead atoms. The molecule has 3 rings (SSSR count). The van der Waals surface area contributed by atoms with Crippen molar-refractivity contribution < 1.29 is 14.3 Å². The number of amides is 1. The van der Waals surface area contributed by atoms with Crippen molar-refractivity contribution in [1.82, 2.24) is 5.32 Å². The van der Waals surface area contributed by atoms with Gasteiger partial charge in [0.05, 0.1) is 19.3 Å². The first-order valence-electron chi connectivity index (χ1n) is 9.49. The number of carbonyl (C=O) groups is 1. The standard InChI is InChI=1S/C21H31NO3/c1-12-10-19(24-5)13(2)14(3)21(12)20-11-17(22-15(4)23)16-8-6-7-9-18(16)25-20/h10,16-18,20H,6-9,11H2,1-5H3,(H,22,23)/t16-,17+,18+,20+/m0/s1. The number of benzene rings is 1. The molecule has 1 aliphatic carbocycles. The summed E-state index contributed by atoms with van der Waals surface area (Å²) in [7, 11) is 1.72. The van der Waals surface area contributed by atoms with Gasteiger partial charge in [-0.15, -0.1) is 0 Å². The Kier molecular flexibility index (Phi) is 5.38. The van der Waals surface area contributed by atoms with Gasteiger partial charge in [0.1, 0.15) is 5.75 Å². The van der Waals surface area contributed by atoms with Crippen LogP contribution in [-0.4, -0.2) is 25.2 Å². The highest BCUT2D eigenvalue weighted by atomic mass is 16.5. The summed E-state index contributed by atoms with van der Waals surface area (Å²) in [6.45, 7) is 8.02. The smallest absolute Gasteiger partial charge is 0.217 e. The van der Waals surface area contributed by atoms with E-state index < -0.39 is 0 Å². The third-order valence-corrected chi connectivity index (χ3v) is 6.12. The van der Waals surface area contributed by atoms with Crippen molar-refractivity contribution in [2.24, 2.45) is 5.92 Å². The summed E-state index contributed by atoms with van der Waals surface area (Å²) in [4.78, 5) is 11.7. The molecule has 4 heteroatoms. The molecule has 1 saturated carbocycles. The zero-order chi connectivity index (χ0) is 18.1. The number of fused-ring (bicyclic) bond motifs is 1. The molecule has 1 aliphatic heterocycles. The summed E-state index contributed by atoms with van der Waals surface area (Å²) in [6, 6.07) is 2.32. The highest BCUT2D eigenvalue weighted by molar-refractivity contribution is 5.73. The van der Waals surface area contributed by atoms with E-state index in [9.17, 15) is 4.79 Å². The lowest BCUT2D eigenvalue weighted by Crippen LogP contribution is -2.51. The Morgan fingerprint density at radius 3 is 2.60 bits per heavy atom. The van der Waals surface area contributed by atoms with Gasteiger partial charge in [-0.25, -0.2) is 0 Å². The Bertz CT molecular complexity index is 655. The van der Waals surface area contributed by atoms with Crippen LogP contribution in [0.25, 0.3) is 0 Å². The fourth-order valence-corrected chi connectivity index (χ4v) is 4.81. The van der Waals surface area contributed by atoms with Crippen molar-refractivity contribution in [1.29, 1.82) is 0 Å². The fourth-order valence-electron chi connectivity index (χ4n) is 4.81. The Morgan fingerprint density at radius 2 is 1.92 bits per heavy atom. The summed E-state index contributed by atoms with van der Waals surface area (Å²) < 4.78 is 12.1. The number of aryl methyl sites for hydroxylation is 1. The van der Waals surface area contributed by atoms with Crippen LogP contribution in [0.3, 0.4) is 0 Å². The summed E-state index contributed by atoms with van der Waals surface area (Å²) in [5, 5.41) is 3.21. The van der Waals surface area contributed by atoms with E-state index in [0.29, 0.717) is 5.92 Å². The lowest BCUT2D eigenvalue weighted by molar-refractivity contribution is -0.131. The van der Waals surface area contributed by atoms with Crippen molar-refractivity contribution >= 4 is 5.91 Å². The van der Waals surface area contributed by atoms with Crippen LogP contribution in [0, 0.1) is 26.7 Å². The molecule has 1 saturated heterocycles. The van der Waals surface area contributed by atoms with Gasteiger partial charge in [0.15, 0.2) is 0 Å². The second-order valence-corrected chi connectivity index (χ2v) is 7.71. The van der Waals surface area contributed by atoms with Crippen LogP contribution in [0.15, 0.2) is 6.07 Å². The largest absolute Gasteiger partial charge is 0.496 e. The molecule has 1 heterocycles. The molecule has 25 heavy (non-hydrogen) atoms. The lowest BCUT2D eigenvalue weighted by atomic mass is 9.75. The van der Waals surface area contributed by atoms with Crippen molar-refractivity contribution in [3.63, 3.8) is 0 Å². The predicted molar refractivity (Wildman–Crippen MR) is 99.0 cm³/mol. The number of methoxy groups -OCH3 is 1. The maximum atomic E-state index is 11.7. The van der Waals surface area contributed by atoms with Crippen LogP contribution in [0.1, 0.15) is 67.4 Å². The number of ether oxygens (including phenoxy) is 2. The minimum Gasteiger partial charge on any atom is -0.496 e. The van der Waals surface area contributed by atoms with E-state index in [1.54, 1.807) is 14.0 Å². The van der Waals surface area contributed by atoms with E-state index in [1.807, 2.05) is 0 Å². The molecule has 1 aromatic rings.